The van der Waals surface area contributed by atoms with E-state index < -0.39 is 5.79 Å². The van der Waals surface area contributed by atoms with E-state index in [-0.39, 0.29) is 6.10 Å². The van der Waals surface area contributed by atoms with Crippen LogP contribution in [0.15, 0.2) is 0 Å². The van der Waals surface area contributed by atoms with Crippen LogP contribution in [0.25, 0.3) is 0 Å². The van der Waals surface area contributed by atoms with Crippen LogP contribution in [0.1, 0.15) is 47.0 Å². The lowest BCUT2D eigenvalue weighted by atomic mass is 10.2. The Balaban J connectivity index is 1.71. The first-order valence-corrected chi connectivity index (χ1v) is 7.27. The molecule has 1 unspecified atom stereocenters. The van der Waals surface area contributed by atoms with Crippen molar-refractivity contribution in [3.05, 3.63) is 0 Å². The summed E-state index contributed by atoms with van der Waals surface area (Å²) in [6.45, 7) is 9.87. The third-order valence-electron chi connectivity index (χ3n) is 3.11. The molecule has 1 saturated heterocycles. The molecule has 0 amide bonds. The molecule has 2 fully saturated rings. The van der Waals surface area contributed by atoms with E-state index in [2.05, 4.69) is 13.8 Å². The van der Waals surface area contributed by atoms with Crippen LogP contribution >= 0.6 is 12.0 Å². The van der Waals surface area contributed by atoms with Gasteiger partial charge in [0.15, 0.2) is 5.79 Å². The second kappa shape index (κ2) is 5.08. The van der Waals surface area contributed by atoms with Crippen LogP contribution in [0.4, 0.5) is 0 Å². The van der Waals surface area contributed by atoms with E-state index in [1.165, 1.54) is 12.8 Å². The fourth-order valence-electron chi connectivity index (χ4n) is 2.03. The van der Waals surface area contributed by atoms with Crippen molar-refractivity contribution in [2.24, 2.45) is 5.92 Å². The van der Waals surface area contributed by atoms with Gasteiger partial charge in [0.1, 0.15) is 0 Å². The molecular weight excluding hydrogens is 236 g/mol. The van der Waals surface area contributed by atoms with Crippen LogP contribution in [0.5, 0.6) is 0 Å². The Hall–Kier alpha value is 0.230. The maximum atomic E-state index is 5.86. The largest absolute Gasteiger partial charge is 0.348 e. The molecule has 1 aliphatic heterocycles. The predicted octanol–water partition coefficient (Wildman–Crippen LogP) is 3.38. The lowest BCUT2D eigenvalue weighted by Crippen LogP contribution is -2.24. The standard InChI is InChI=1S/C13H24O3S/c1-10(2)8-15-17-13(5-6-13)7-11-9-14-12(3,4)16-11/h10-11H,5-9H2,1-4H3. The second-order valence-corrected chi connectivity index (χ2v) is 7.37. The summed E-state index contributed by atoms with van der Waals surface area (Å²) in [7, 11) is 0. The molecule has 0 aromatic heterocycles. The summed E-state index contributed by atoms with van der Waals surface area (Å²) in [5.74, 6) is 0.202. The van der Waals surface area contributed by atoms with Gasteiger partial charge in [0.25, 0.3) is 0 Å². The fourth-order valence-corrected chi connectivity index (χ4v) is 3.15. The first kappa shape index (κ1) is 13.7. The van der Waals surface area contributed by atoms with Gasteiger partial charge in [-0.1, -0.05) is 13.8 Å². The van der Waals surface area contributed by atoms with Crippen molar-refractivity contribution in [3.63, 3.8) is 0 Å². The zero-order valence-corrected chi connectivity index (χ0v) is 12.1. The van der Waals surface area contributed by atoms with Gasteiger partial charge in [0.2, 0.25) is 0 Å². The Morgan fingerprint density at radius 1 is 1.35 bits per heavy atom. The highest BCUT2D eigenvalue weighted by atomic mass is 32.2. The Morgan fingerprint density at radius 3 is 2.53 bits per heavy atom. The first-order chi connectivity index (χ1) is 7.91. The van der Waals surface area contributed by atoms with E-state index in [9.17, 15) is 0 Å². The Morgan fingerprint density at radius 2 is 2.06 bits per heavy atom. The van der Waals surface area contributed by atoms with Gasteiger partial charge in [0.05, 0.1) is 19.3 Å². The van der Waals surface area contributed by atoms with Crippen LogP contribution in [-0.2, 0) is 13.7 Å². The molecule has 1 heterocycles. The molecule has 100 valence electrons. The summed E-state index contributed by atoms with van der Waals surface area (Å²) < 4.78 is 17.5. The van der Waals surface area contributed by atoms with Crippen molar-refractivity contribution < 1.29 is 13.7 Å². The molecule has 0 aromatic carbocycles. The highest BCUT2D eigenvalue weighted by Gasteiger charge is 2.48. The predicted molar refractivity (Wildman–Crippen MR) is 69.9 cm³/mol. The van der Waals surface area contributed by atoms with Gasteiger partial charge in [-0.2, -0.15) is 0 Å². The average Bonchev–Trinajstić information content (AvgIpc) is 2.85. The summed E-state index contributed by atoms with van der Waals surface area (Å²) in [4.78, 5) is 0. The maximum absolute atomic E-state index is 5.86. The number of ether oxygens (including phenoxy) is 2. The van der Waals surface area contributed by atoms with Crippen molar-refractivity contribution in [1.29, 1.82) is 0 Å². The molecule has 0 aromatic rings. The molecule has 1 atom stereocenters. The molecule has 0 N–H and O–H groups in total. The summed E-state index contributed by atoms with van der Waals surface area (Å²) in [5.41, 5.74) is 0. The maximum Gasteiger partial charge on any atom is 0.163 e. The van der Waals surface area contributed by atoms with Gasteiger partial charge in [-0.25, -0.2) is 0 Å². The monoisotopic (exact) mass is 260 g/mol. The van der Waals surface area contributed by atoms with Crippen molar-refractivity contribution in [1.82, 2.24) is 0 Å². The molecule has 3 nitrogen and oxygen atoms in total. The topological polar surface area (TPSA) is 27.7 Å². The Labute approximate surface area is 109 Å². The lowest BCUT2D eigenvalue weighted by Gasteiger charge is -2.20. The van der Waals surface area contributed by atoms with E-state index >= 15 is 0 Å². The zero-order valence-electron chi connectivity index (χ0n) is 11.3. The lowest BCUT2D eigenvalue weighted by molar-refractivity contribution is -0.139. The molecule has 1 saturated carbocycles. The minimum absolute atomic E-state index is 0.239. The Kier molecular flexibility index (Phi) is 4.08. The fraction of sp³-hybridized carbons (Fsp3) is 1.00. The smallest absolute Gasteiger partial charge is 0.163 e. The van der Waals surface area contributed by atoms with Crippen LogP contribution in [-0.4, -0.2) is 29.9 Å². The van der Waals surface area contributed by atoms with Gasteiger partial charge in [-0.15, -0.1) is 0 Å². The SMILES string of the molecule is CC(C)COSC1(CC2COC(C)(C)O2)CC1. The van der Waals surface area contributed by atoms with Crippen LogP contribution in [0.2, 0.25) is 0 Å². The van der Waals surface area contributed by atoms with Gasteiger partial charge in [-0.05, 0) is 51.1 Å². The third kappa shape index (κ3) is 4.12. The van der Waals surface area contributed by atoms with Crippen molar-refractivity contribution in [2.45, 2.75) is 63.6 Å². The Bertz CT molecular complexity index is 261. The summed E-state index contributed by atoms with van der Waals surface area (Å²) in [6, 6.07) is 0. The molecule has 0 bridgehead atoms. The van der Waals surface area contributed by atoms with E-state index in [1.807, 2.05) is 13.8 Å². The van der Waals surface area contributed by atoms with E-state index in [1.54, 1.807) is 12.0 Å². The number of rotatable bonds is 6. The van der Waals surface area contributed by atoms with Gasteiger partial charge in [0, 0.05) is 4.75 Å². The van der Waals surface area contributed by atoms with Gasteiger partial charge in [-0.3, -0.25) is 0 Å². The highest BCUT2D eigenvalue weighted by Crippen LogP contribution is 2.53. The van der Waals surface area contributed by atoms with E-state index in [0.29, 0.717) is 10.7 Å². The minimum Gasteiger partial charge on any atom is -0.348 e. The molecule has 0 radical (unpaired) electrons. The summed E-state index contributed by atoms with van der Waals surface area (Å²) >= 11 is 1.67. The zero-order chi connectivity index (χ0) is 12.5. The van der Waals surface area contributed by atoms with Gasteiger partial charge >= 0.3 is 0 Å². The molecule has 2 rings (SSSR count). The molecule has 2 aliphatic rings. The molecule has 1 aliphatic carbocycles. The van der Waals surface area contributed by atoms with Crippen LogP contribution < -0.4 is 0 Å². The number of hydrogen-bond donors (Lipinski definition) is 0. The van der Waals surface area contributed by atoms with E-state index in [4.69, 9.17) is 13.7 Å². The van der Waals surface area contributed by atoms with Gasteiger partial charge < -0.3 is 13.7 Å². The summed E-state index contributed by atoms with van der Waals surface area (Å²) in [6.07, 6.45) is 3.79. The van der Waals surface area contributed by atoms with Crippen molar-refractivity contribution >= 4 is 12.0 Å². The molecule has 4 heteroatoms. The normalized spacial score (nSPS) is 29.8. The van der Waals surface area contributed by atoms with Crippen molar-refractivity contribution in [3.8, 4) is 0 Å². The summed E-state index contributed by atoms with van der Waals surface area (Å²) in [5, 5.41) is 0. The molecule has 0 spiro atoms. The quantitative estimate of drug-likeness (QED) is 0.684. The highest BCUT2D eigenvalue weighted by molar-refractivity contribution is 7.96. The average molecular weight is 260 g/mol. The van der Waals surface area contributed by atoms with Crippen LogP contribution in [0, 0.1) is 5.92 Å². The first-order valence-electron chi connectivity index (χ1n) is 6.53. The third-order valence-corrected chi connectivity index (χ3v) is 4.29. The molecule has 17 heavy (non-hydrogen) atoms. The molecular formula is C13H24O3S. The van der Waals surface area contributed by atoms with Crippen molar-refractivity contribution in [2.75, 3.05) is 13.2 Å². The van der Waals surface area contributed by atoms with E-state index in [0.717, 1.165) is 19.6 Å². The minimum atomic E-state index is -0.399. The second-order valence-electron chi connectivity index (χ2n) is 6.10. The number of hydrogen-bond acceptors (Lipinski definition) is 4. The van der Waals surface area contributed by atoms with Crippen LogP contribution in [0.3, 0.4) is 0 Å².